The standard InChI is InChI=1S/C20H23N5O.2ClH/c1-3-25-19-17(13-22-25)16(20(26)24(2)15-9-10-21-12-15)11-18(23-19)14-7-5-4-6-8-14;;/h4-8,11,13,15,21H,3,9-10,12H2,1-2H3;2*1H. The van der Waals surface area contributed by atoms with Gasteiger partial charge < -0.3 is 10.2 Å². The van der Waals surface area contributed by atoms with Crippen molar-refractivity contribution in [1.29, 1.82) is 0 Å². The van der Waals surface area contributed by atoms with Crippen LogP contribution in [-0.4, -0.2) is 51.8 Å². The Morgan fingerprint density at radius 1 is 1.29 bits per heavy atom. The van der Waals surface area contributed by atoms with E-state index in [1.807, 2.05) is 60.0 Å². The average Bonchev–Trinajstić information content (AvgIpc) is 3.36. The van der Waals surface area contributed by atoms with E-state index in [0.717, 1.165) is 41.8 Å². The number of rotatable bonds is 4. The zero-order chi connectivity index (χ0) is 18.1. The zero-order valence-electron chi connectivity index (χ0n) is 16.0. The van der Waals surface area contributed by atoms with Crippen molar-refractivity contribution in [3.8, 4) is 11.3 Å². The summed E-state index contributed by atoms with van der Waals surface area (Å²) in [5, 5.41) is 8.56. The number of pyridine rings is 1. The third kappa shape index (κ3) is 3.99. The number of carbonyl (C=O) groups excluding carboxylic acids is 1. The minimum absolute atomic E-state index is 0. The third-order valence-electron chi connectivity index (χ3n) is 5.11. The van der Waals surface area contributed by atoms with Crippen LogP contribution in [0.15, 0.2) is 42.6 Å². The number of aryl methyl sites for hydroxylation is 1. The highest BCUT2D eigenvalue weighted by Crippen LogP contribution is 2.26. The first kappa shape index (κ1) is 22.1. The summed E-state index contributed by atoms with van der Waals surface area (Å²) < 4.78 is 1.84. The molecule has 1 N–H and O–H groups in total. The van der Waals surface area contributed by atoms with Crippen LogP contribution in [0, 0.1) is 0 Å². The molecule has 0 saturated carbocycles. The lowest BCUT2D eigenvalue weighted by molar-refractivity contribution is 0.0745. The van der Waals surface area contributed by atoms with Gasteiger partial charge in [-0.05, 0) is 26.0 Å². The van der Waals surface area contributed by atoms with Crippen LogP contribution in [0.5, 0.6) is 0 Å². The molecule has 1 unspecified atom stereocenters. The molecule has 0 bridgehead atoms. The predicted octanol–water partition coefficient (Wildman–Crippen LogP) is 3.40. The maximum absolute atomic E-state index is 13.3. The van der Waals surface area contributed by atoms with E-state index < -0.39 is 0 Å². The summed E-state index contributed by atoms with van der Waals surface area (Å²) in [6.07, 6.45) is 2.74. The number of aromatic nitrogens is 3. The molecule has 1 saturated heterocycles. The Bertz CT molecular complexity index is 938. The quantitative estimate of drug-likeness (QED) is 0.700. The van der Waals surface area contributed by atoms with Gasteiger partial charge in [0.1, 0.15) is 0 Å². The number of amides is 1. The van der Waals surface area contributed by atoms with E-state index in [1.165, 1.54) is 0 Å². The fourth-order valence-corrected chi connectivity index (χ4v) is 3.54. The molecule has 1 fully saturated rings. The van der Waals surface area contributed by atoms with Crippen molar-refractivity contribution in [3.05, 3.63) is 48.2 Å². The second-order valence-corrected chi connectivity index (χ2v) is 6.68. The molecule has 2 aromatic heterocycles. The van der Waals surface area contributed by atoms with E-state index >= 15 is 0 Å². The van der Waals surface area contributed by atoms with Gasteiger partial charge in [0.15, 0.2) is 5.65 Å². The van der Waals surface area contributed by atoms with Crippen LogP contribution in [-0.2, 0) is 6.54 Å². The Morgan fingerprint density at radius 3 is 2.68 bits per heavy atom. The van der Waals surface area contributed by atoms with Crippen molar-refractivity contribution in [1.82, 2.24) is 25.0 Å². The van der Waals surface area contributed by atoms with Crippen molar-refractivity contribution >= 4 is 41.8 Å². The number of halogens is 2. The van der Waals surface area contributed by atoms with Crippen molar-refractivity contribution in [2.45, 2.75) is 25.9 Å². The Labute approximate surface area is 177 Å². The minimum atomic E-state index is 0. The summed E-state index contributed by atoms with van der Waals surface area (Å²) in [5.74, 6) is 0.0268. The van der Waals surface area contributed by atoms with Crippen LogP contribution in [0.4, 0.5) is 0 Å². The lowest BCUT2D eigenvalue weighted by atomic mass is 10.1. The fourth-order valence-electron chi connectivity index (χ4n) is 3.54. The van der Waals surface area contributed by atoms with Crippen LogP contribution in [0.25, 0.3) is 22.3 Å². The van der Waals surface area contributed by atoms with Crippen LogP contribution in [0.3, 0.4) is 0 Å². The van der Waals surface area contributed by atoms with E-state index in [-0.39, 0.29) is 36.8 Å². The first-order valence-electron chi connectivity index (χ1n) is 9.09. The van der Waals surface area contributed by atoms with Crippen LogP contribution in [0.1, 0.15) is 23.7 Å². The summed E-state index contributed by atoms with van der Waals surface area (Å²) in [6, 6.07) is 12.1. The largest absolute Gasteiger partial charge is 0.337 e. The highest BCUT2D eigenvalue weighted by Gasteiger charge is 2.26. The zero-order valence-corrected chi connectivity index (χ0v) is 17.6. The monoisotopic (exact) mass is 421 g/mol. The number of nitrogens with one attached hydrogen (secondary N) is 1. The molecule has 1 atom stereocenters. The number of carbonyl (C=O) groups is 1. The topological polar surface area (TPSA) is 63.1 Å². The van der Waals surface area contributed by atoms with Crippen molar-refractivity contribution in [3.63, 3.8) is 0 Å². The minimum Gasteiger partial charge on any atom is -0.337 e. The van der Waals surface area contributed by atoms with E-state index in [1.54, 1.807) is 6.20 Å². The number of benzene rings is 1. The van der Waals surface area contributed by atoms with Gasteiger partial charge >= 0.3 is 0 Å². The van der Waals surface area contributed by atoms with Crippen LogP contribution >= 0.6 is 24.8 Å². The number of hydrogen-bond donors (Lipinski definition) is 1. The molecule has 1 aliphatic heterocycles. The summed E-state index contributed by atoms with van der Waals surface area (Å²) in [5.41, 5.74) is 3.23. The molecule has 3 aromatic rings. The Kier molecular flexibility index (Phi) is 7.41. The van der Waals surface area contributed by atoms with E-state index in [9.17, 15) is 4.79 Å². The maximum Gasteiger partial charge on any atom is 0.254 e. The molecule has 0 aliphatic carbocycles. The van der Waals surface area contributed by atoms with Gasteiger partial charge in [-0.25, -0.2) is 9.67 Å². The predicted molar refractivity (Wildman–Crippen MR) is 117 cm³/mol. The number of nitrogens with zero attached hydrogens (tertiary/aromatic N) is 4. The number of fused-ring (bicyclic) bond motifs is 1. The lowest BCUT2D eigenvalue weighted by Crippen LogP contribution is -2.38. The molecule has 1 aliphatic rings. The van der Waals surface area contributed by atoms with Gasteiger partial charge in [0.05, 0.1) is 22.8 Å². The van der Waals surface area contributed by atoms with Gasteiger partial charge in [0.2, 0.25) is 0 Å². The molecule has 3 heterocycles. The second-order valence-electron chi connectivity index (χ2n) is 6.68. The van der Waals surface area contributed by atoms with Gasteiger partial charge in [0, 0.05) is 31.7 Å². The Morgan fingerprint density at radius 2 is 2.04 bits per heavy atom. The first-order chi connectivity index (χ1) is 12.7. The van der Waals surface area contributed by atoms with Gasteiger partial charge in [0.25, 0.3) is 5.91 Å². The average molecular weight is 422 g/mol. The molecule has 6 nitrogen and oxygen atoms in total. The molecule has 0 spiro atoms. The summed E-state index contributed by atoms with van der Waals surface area (Å²) in [4.78, 5) is 19.9. The highest BCUT2D eigenvalue weighted by atomic mass is 35.5. The molecular formula is C20H25Cl2N5O. The highest BCUT2D eigenvalue weighted by molar-refractivity contribution is 6.06. The molecule has 150 valence electrons. The maximum atomic E-state index is 13.3. The fraction of sp³-hybridized carbons (Fsp3) is 0.350. The Hall–Kier alpha value is -2.15. The molecule has 1 amide bonds. The van der Waals surface area contributed by atoms with Gasteiger partial charge in [-0.3, -0.25) is 4.79 Å². The summed E-state index contributed by atoms with van der Waals surface area (Å²) in [7, 11) is 1.89. The SMILES string of the molecule is CCn1ncc2c(C(=O)N(C)C3CCNC3)cc(-c3ccccc3)nc21.Cl.Cl. The second kappa shape index (κ2) is 9.37. The van der Waals surface area contributed by atoms with Gasteiger partial charge in [-0.15, -0.1) is 24.8 Å². The smallest absolute Gasteiger partial charge is 0.254 e. The molecule has 4 rings (SSSR count). The van der Waals surface area contributed by atoms with Crippen LogP contribution < -0.4 is 5.32 Å². The van der Waals surface area contributed by atoms with E-state index in [0.29, 0.717) is 12.1 Å². The molecule has 1 aromatic carbocycles. The van der Waals surface area contributed by atoms with Gasteiger partial charge in [-0.1, -0.05) is 30.3 Å². The van der Waals surface area contributed by atoms with Crippen molar-refractivity contribution in [2.75, 3.05) is 20.1 Å². The molecular weight excluding hydrogens is 397 g/mol. The molecule has 0 radical (unpaired) electrons. The number of likely N-dealkylation sites (N-methyl/N-ethyl adjacent to an activating group) is 1. The van der Waals surface area contributed by atoms with E-state index in [2.05, 4.69) is 10.4 Å². The Balaban J connectivity index is 0.00000140. The normalized spacial score (nSPS) is 15.7. The van der Waals surface area contributed by atoms with Crippen molar-refractivity contribution < 1.29 is 4.79 Å². The van der Waals surface area contributed by atoms with Crippen LogP contribution in [0.2, 0.25) is 0 Å². The van der Waals surface area contributed by atoms with E-state index in [4.69, 9.17) is 4.98 Å². The summed E-state index contributed by atoms with van der Waals surface area (Å²) in [6.45, 7) is 4.54. The molecule has 28 heavy (non-hydrogen) atoms. The molecule has 8 heteroatoms. The first-order valence-corrected chi connectivity index (χ1v) is 9.09. The van der Waals surface area contributed by atoms with Crippen molar-refractivity contribution in [2.24, 2.45) is 0 Å². The number of hydrogen-bond acceptors (Lipinski definition) is 4. The van der Waals surface area contributed by atoms with Gasteiger partial charge in [-0.2, -0.15) is 5.10 Å². The third-order valence-corrected chi connectivity index (χ3v) is 5.11. The lowest BCUT2D eigenvalue weighted by Gasteiger charge is -2.24. The summed E-state index contributed by atoms with van der Waals surface area (Å²) >= 11 is 0.